The summed E-state index contributed by atoms with van der Waals surface area (Å²) in [5.74, 6) is -0.568. The summed E-state index contributed by atoms with van der Waals surface area (Å²) in [5.41, 5.74) is 1.15. The minimum absolute atomic E-state index is 0.0425. The van der Waals surface area contributed by atoms with Crippen LogP contribution in [0.2, 0.25) is 0 Å². The van der Waals surface area contributed by atoms with E-state index >= 15 is 0 Å². The number of halogens is 6. The largest absolute Gasteiger partial charge is 0.416 e. The first-order chi connectivity index (χ1) is 15.9. The third-order valence-corrected chi connectivity index (χ3v) is 5.78. The van der Waals surface area contributed by atoms with Crippen LogP contribution >= 0.6 is 0 Å². The van der Waals surface area contributed by atoms with Crippen molar-refractivity contribution in [3.05, 3.63) is 64.5 Å². The van der Waals surface area contributed by atoms with Crippen LogP contribution in [0.1, 0.15) is 42.5 Å². The molecular weight excluding hydrogens is 464 g/mol. The van der Waals surface area contributed by atoms with Gasteiger partial charge in [0.2, 0.25) is 0 Å². The van der Waals surface area contributed by atoms with E-state index in [1.54, 1.807) is 13.8 Å². The van der Waals surface area contributed by atoms with Gasteiger partial charge in [-0.2, -0.15) is 18.4 Å². The van der Waals surface area contributed by atoms with E-state index in [9.17, 15) is 36.7 Å². The van der Waals surface area contributed by atoms with E-state index < -0.39 is 35.5 Å². The van der Waals surface area contributed by atoms with Crippen LogP contribution in [0.3, 0.4) is 0 Å². The monoisotopic (exact) mass is 492 g/mol. The highest BCUT2D eigenvalue weighted by molar-refractivity contribution is 5.89. The fourth-order valence-electron chi connectivity index (χ4n) is 3.69. The number of hydrogen-bond donors (Lipinski definition) is 4. The topological polar surface area (TPSA) is 69.3 Å². The molecule has 2 aromatic rings. The van der Waals surface area contributed by atoms with Crippen LogP contribution in [0.4, 0.5) is 32.0 Å². The zero-order chi connectivity index (χ0) is 25.7. The summed E-state index contributed by atoms with van der Waals surface area (Å²) in [6.45, 7) is 4.67. The number of rotatable bonds is 10. The minimum atomic E-state index is -4.60. The number of aryl methyl sites for hydroxylation is 1. The Morgan fingerprint density at radius 3 is 2.18 bits per heavy atom. The van der Waals surface area contributed by atoms with Crippen LogP contribution in [0.5, 0.6) is 0 Å². The number of nitrogens with one attached hydrogen (secondary N) is 2. The molecule has 0 aromatic heterocycles. The third kappa shape index (κ3) is 6.28. The van der Waals surface area contributed by atoms with Crippen molar-refractivity contribution in [2.24, 2.45) is 4.99 Å². The van der Waals surface area contributed by atoms with Crippen LogP contribution in [-0.2, 0) is 11.6 Å². The Morgan fingerprint density at radius 1 is 1.09 bits per heavy atom. The molecule has 11 heteroatoms. The highest BCUT2D eigenvalue weighted by Crippen LogP contribution is 2.37. The number of hydrogen-bond acceptors (Lipinski definition) is 4. The van der Waals surface area contributed by atoms with Gasteiger partial charge in [0.15, 0.2) is 0 Å². The quantitative estimate of drug-likeness (QED) is 0.229. The molecule has 0 bridgehead atoms. The zero-order valence-electron chi connectivity index (χ0n) is 18.9. The summed E-state index contributed by atoms with van der Waals surface area (Å²) in [4.78, 5) is 4.23. The minimum Gasteiger partial charge on any atom is -0.386 e. The number of benzene rings is 2. The van der Waals surface area contributed by atoms with Crippen molar-refractivity contribution in [3.63, 3.8) is 0 Å². The first-order valence-corrected chi connectivity index (χ1v) is 10.6. The number of hydroxylamine groups is 1. The molecule has 2 aromatic carbocycles. The summed E-state index contributed by atoms with van der Waals surface area (Å²) in [6.07, 6.45) is -8.71. The van der Waals surface area contributed by atoms with Crippen molar-refractivity contribution >= 4 is 11.9 Å². The number of quaternary nitrogens is 1. The molecular formula is C23H28F6N3O2+. The Bertz CT molecular complexity index is 982. The van der Waals surface area contributed by atoms with Gasteiger partial charge in [0.1, 0.15) is 24.2 Å². The standard InChI is InChI=1S/C23H27F6N3O2/c1-4-22(20(33)21(25)26,15-6-8-16(9-7-15)23(27,28)29)13-30-12-18-14(3)10-17(24)11-19(18)31-32(34)5-2/h6-12,20-21,31,33-34H,4-5,13H2,1-3H3/p+1. The summed E-state index contributed by atoms with van der Waals surface area (Å²) in [7, 11) is 0. The molecule has 0 spiro atoms. The molecule has 0 aliphatic carbocycles. The lowest BCUT2D eigenvalue weighted by atomic mass is 9.73. The summed E-state index contributed by atoms with van der Waals surface area (Å²) < 4.78 is 80.0. The van der Waals surface area contributed by atoms with Crippen LogP contribution in [0.25, 0.3) is 0 Å². The molecule has 3 atom stereocenters. The van der Waals surface area contributed by atoms with Gasteiger partial charge in [0.05, 0.1) is 12.1 Å². The molecule has 34 heavy (non-hydrogen) atoms. The van der Waals surface area contributed by atoms with Gasteiger partial charge in [0, 0.05) is 23.3 Å². The SMILES string of the molecule is CC[NH+](O)Nc1cc(F)cc(C)c1C=NCC(CC)(c1ccc(C(F)(F)F)cc1)C(O)C(F)F. The maximum Gasteiger partial charge on any atom is 0.416 e. The van der Waals surface area contributed by atoms with Crippen molar-refractivity contribution in [2.45, 2.75) is 51.3 Å². The van der Waals surface area contributed by atoms with Crippen LogP contribution < -0.4 is 10.6 Å². The van der Waals surface area contributed by atoms with Crippen molar-refractivity contribution in [1.82, 2.24) is 0 Å². The Labute approximate surface area is 193 Å². The molecule has 0 saturated carbocycles. The van der Waals surface area contributed by atoms with Gasteiger partial charge in [-0.1, -0.05) is 24.2 Å². The lowest BCUT2D eigenvalue weighted by Crippen LogP contribution is -3.12. The molecule has 0 amide bonds. The van der Waals surface area contributed by atoms with E-state index in [4.69, 9.17) is 0 Å². The van der Waals surface area contributed by atoms with E-state index in [0.29, 0.717) is 11.1 Å². The molecule has 4 N–H and O–H groups in total. The Morgan fingerprint density at radius 2 is 1.68 bits per heavy atom. The molecule has 0 aliphatic rings. The maximum atomic E-state index is 13.9. The van der Waals surface area contributed by atoms with Gasteiger partial charge in [-0.05, 0) is 49.6 Å². The van der Waals surface area contributed by atoms with Crippen LogP contribution in [0, 0.1) is 12.7 Å². The molecule has 5 nitrogen and oxygen atoms in total. The molecule has 188 valence electrons. The first-order valence-electron chi connectivity index (χ1n) is 10.6. The molecule has 0 saturated heterocycles. The smallest absolute Gasteiger partial charge is 0.386 e. The Hall–Kier alpha value is -2.63. The number of alkyl halides is 5. The van der Waals surface area contributed by atoms with Crippen molar-refractivity contribution in [1.29, 1.82) is 0 Å². The fourth-order valence-corrected chi connectivity index (χ4v) is 3.69. The summed E-state index contributed by atoms with van der Waals surface area (Å²) in [5, 5.41) is 20.1. The molecule has 0 radical (unpaired) electrons. The number of nitrogens with zero attached hydrogens (tertiary/aromatic N) is 1. The predicted octanol–water partition coefficient (Wildman–Crippen LogP) is 4.17. The van der Waals surface area contributed by atoms with Crippen molar-refractivity contribution < 1.29 is 41.8 Å². The van der Waals surface area contributed by atoms with Gasteiger partial charge < -0.3 is 5.11 Å². The number of aliphatic hydroxyl groups is 1. The van der Waals surface area contributed by atoms with Gasteiger partial charge in [0.25, 0.3) is 6.43 Å². The zero-order valence-corrected chi connectivity index (χ0v) is 18.9. The van der Waals surface area contributed by atoms with Crippen molar-refractivity contribution in [3.8, 4) is 0 Å². The number of aliphatic imine (C=N–C) groups is 1. The van der Waals surface area contributed by atoms with Gasteiger partial charge in [-0.15, -0.1) is 0 Å². The fraction of sp³-hybridized carbons (Fsp3) is 0.435. The third-order valence-electron chi connectivity index (χ3n) is 5.78. The van der Waals surface area contributed by atoms with Crippen LogP contribution in [-0.4, -0.2) is 42.1 Å². The summed E-state index contributed by atoms with van der Waals surface area (Å²) in [6, 6.07) is 6.05. The second-order valence-electron chi connectivity index (χ2n) is 7.94. The summed E-state index contributed by atoms with van der Waals surface area (Å²) >= 11 is 0. The van der Waals surface area contributed by atoms with Gasteiger partial charge in [-0.25, -0.2) is 18.6 Å². The maximum absolute atomic E-state index is 13.9. The predicted molar refractivity (Wildman–Crippen MR) is 116 cm³/mol. The molecule has 3 unspecified atom stereocenters. The molecule has 0 heterocycles. The van der Waals surface area contributed by atoms with Gasteiger partial charge in [-0.3, -0.25) is 4.99 Å². The Balaban J connectivity index is 2.48. The number of aliphatic hydroxyl groups excluding tert-OH is 1. The normalized spacial score (nSPS) is 16.0. The average Bonchev–Trinajstić information content (AvgIpc) is 2.77. The lowest BCUT2D eigenvalue weighted by Gasteiger charge is -2.36. The van der Waals surface area contributed by atoms with E-state index in [-0.39, 0.29) is 35.9 Å². The van der Waals surface area contributed by atoms with E-state index in [1.807, 2.05) is 0 Å². The highest BCUT2D eigenvalue weighted by Gasteiger charge is 2.43. The first kappa shape index (κ1) is 27.6. The highest BCUT2D eigenvalue weighted by atomic mass is 19.4. The molecule has 0 fully saturated rings. The lowest BCUT2D eigenvalue weighted by molar-refractivity contribution is -1.07. The van der Waals surface area contributed by atoms with Crippen molar-refractivity contribution in [2.75, 3.05) is 18.5 Å². The van der Waals surface area contributed by atoms with Gasteiger partial charge >= 0.3 is 6.18 Å². The Kier molecular flexibility index (Phi) is 9.09. The van der Waals surface area contributed by atoms with Crippen LogP contribution in [0.15, 0.2) is 41.4 Å². The van der Waals surface area contributed by atoms with E-state index in [2.05, 4.69) is 10.4 Å². The number of anilines is 1. The van der Waals surface area contributed by atoms with E-state index in [1.165, 1.54) is 19.2 Å². The molecule has 2 rings (SSSR count). The second-order valence-corrected chi connectivity index (χ2v) is 7.94. The second kappa shape index (κ2) is 11.2. The molecule has 0 aliphatic heterocycles. The van der Waals surface area contributed by atoms with E-state index in [0.717, 1.165) is 30.3 Å². The average molecular weight is 492 g/mol.